The molecule has 10 aromatic carbocycles. The van der Waals surface area contributed by atoms with Gasteiger partial charge in [-0.2, -0.15) is 0 Å². The lowest BCUT2D eigenvalue weighted by Crippen LogP contribution is -2.09. The molecule has 642 valence electrons. The lowest BCUT2D eigenvalue weighted by atomic mass is 10.0. The third kappa shape index (κ3) is 39.6. The predicted octanol–water partition coefficient (Wildman–Crippen LogP) is 21.8. The van der Waals surface area contributed by atoms with Crippen molar-refractivity contribution in [3.05, 3.63) is 338 Å². The molecule has 0 radical (unpaired) electrons. The maximum Gasteiger partial charge on any atom is 0.343 e. The molecule has 0 unspecified atom stereocenters. The van der Waals surface area contributed by atoms with E-state index in [0.717, 1.165) is 104 Å². The van der Waals surface area contributed by atoms with Gasteiger partial charge < -0.3 is 61.6 Å². The van der Waals surface area contributed by atoms with Crippen molar-refractivity contribution in [2.75, 3.05) is 46.8 Å². The normalized spacial score (nSPS) is 10.1. The van der Waals surface area contributed by atoms with E-state index in [1.165, 1.54) is 12.2 Å². The fourth-order valence-corrected chi connectivity index (χ4v) is 10.2. The summed E-state index contributed by atoms with van der Waals surface area (Å²) in [6.07, 6.45) is 16.7. The Labute approximate surface area is 719 Å². The summed E-state index contributed by atoms with van der Waals surface area (Å²) in [7, 11) is 1.59. The Morgan fingerprint density at radius 1 is 0.244 bits per heavy atom. The zero-order valence-electron chi connectivity index (χ0n) is 70.5. The molecule has 10 aromatic rings. The third-order valence-electron chi connectivity index (χ3n) is 16.4. The quantitative estimate of drug-likeness (QED) is 0.0113. The fourth-order valence-electron chi connectivity index (χ4n) is 10.2. The molecule has 0 N–H and O–H groups in total. The molecular weight excluding hydrogens is 1570 g/mol. The zero-order chi connectivity index (χ0) is 89.0. The molecule has 0 bridgehead atoms. The second kappa shape index (κ2) is 59.1. The monoisotopic (exact) mass is 1670 g/mol. The Kier molecular flexibility index (Phi) is 47.5. The highest BCUT2D eigenvalue weighted by Gasteiger charge is 2.16. The summed E-state index contributed by atoms with van der Waals surface area (Å²) in [5.74, 6) is 0.248. The van der Waals surface area contributed by atoms with Crippen LogP contribution >= 0.6 is 0 Å². The van der Waals surface area contributed by atoms with Crippen LogP contribution in [0.25, 0.3) is 23.3 Å². The van der Waals surface area contributed by atoms with Crippen LogP contribution in [0.15, 0.2) is 305 Å². The van der Waals surface area contributed by atoms with E-state index in [0.29, 0.717) is 114 Å². The maximum atomic E-state index is 12.6. The summed E-state index contributed by atoms with van der Waals surface area (Å²) in [6, 6.07) is 72.4. The van der Waals surface area contributed by atoms with Crippen molar-refractivity contribution in [3.8, 4) is 68.6 Å². The number of rotatable bonds is 40. The van der Waals surface area contributed by atoms with Crippen molar-refractivity contribution in [1.29, 1.82) is 0 Å². The first kappa shape index (κ1) is 98.9. The smallest absolute Gasteiger partial charge is 0.343 e. The molecule has 0 atom stereocenters. The van der Waals surface area contributed by atoms with Gasteiger partial charge in [0.1, 0.15) is 57.5 Å². The molecule has 0 aliphatic rings. The minimum Gasteiger partial charge on any atom is -0.497 e. The van der Waals surface area contributed by atoms with E-state index in [4.69, 9.17) is 61.6 Å². The number of methoxy groups -OCH3 is 1. The van der Waals surface area contributed by atoms with E-state index in [1.54, 1.807) is 189 Å². The van der Waals surface area contributed by atoms with Gasteiger partial charge in [-0.15, -0.1) is 0 Å². The molecular formula is C101H106O22. The number of hydrogen-bond donors (Lipinski definition) is 0. The van der Waals surface area contributed by atoms with Gasteiger partial charge in [0.2, 0.25) is 0 Å². The van der Waals surface area contributed by atoms with Gasteiger partial charge in [-0.3, -0.25) is 0 Å². The highest BCUT2D eigenvalue weighted by molar-refractivity contribution is 5.94. The van der Waals surface area contributed by atoms with Crippen molar-refractivity contribution in [3.63, 3.8) is 0 Å². The minimum absolute atomic E-state index is 0.313. The highest BCUT2D eigenvalue weighted by atomic mass is 16.6. The van der Waals surface area contributed by atoms with Crippen LogP contribution in [0.3, 0.4) is 0 Å². The molecule has 0 aliphatic heterocycles. The van der Waals surface area contributed by atoms with Crippen LogP contribution in [-0.4, -0.2) is 100 Å². The van der Waals surface area contributed by atoms with Crippen molar-refractivity contribution >= 4 is 65.9 Å². The fraction of sp³-hybridized carbons (Fsp3) is 0.218. The second-order valence-electron chi connectivity index (χ2n) is 25.0. The van der Waals surface area contributed by atoms with E-state index in [2.05, 4.69) is 19.7 Å². The van der Waals surface area contributed by atoms with Crippen LogP contribution in [0.2, 0.25) is 0 Å². The Morgan fingerprint density at radius 2 is 0.480 bits per heavy atom. The maximum absolute atomic E-state index is 12.6. The second-order valence-corrected chi connectivity index (χ2v) is 25.0. The van der Waals surface area contributed by atoms with E-state index in [9.17, 15) is 43.2 Å². The molecule has 0 aromatic heterocycles. The largest absolute Gasteiger partial charge is 0.497 e. The zero-order valence-corrected chi connectivity index (χ0v) is 70.5. The van der Waals surface area contributed by atoms with Crippen LogP contribution in [0.4, 0.5) is 0 Å². The highest BCUT2D eigenvalue weighted by Crippen LogP contribution is 2.27. The Morgan fingerprint density at radius 3 is 0.764 bits per heavy atom. The predicted molar refractivity (Wildman–Crippen MR) is 475 cm³/mol. The molecule has 0 fully saturated rings. The first-order valence-corrected chi connectivity index (χ1v) is 40.4. The van der Waals surface area contributed by atoms with Gasteiger partial charge in [-0.05, 0) is 262 Å². The number of carbonyl (C=O) groups is 9. The lowest BCUT2D eigenvalue weighted by molar-refractivity contribution is -0.138. The Hall–Kier alpha value is -14.7. The van der Waals surface area contributed by atoms with Crippen LogP contribution in [0.1, 0.15) is 152 Å². The van der Waals surface area contributed by atoms with Gasteiger partial charge >= 0.3 is 53.7 Å². The van der Waals surface area contributed by atoms with Gasteiger partial charge in [0.15, 0.2) is 0 Å². The summed E-state index contributed by atoms with van der Waals surface area (Å²) in [5, 5.41) is 0. The van der Waals surface area contributed by atoms with Crippen LogP contribution in [0.5, 0.6) is 57.5 Å². The van der Waals surface area contributed by atoms with Crippen LogP contribution < -0.4 is 47.4 Å². The van der Waals surface area contributed by atoms with Crippen molar-refractivity contribution in [1.82, 2.24) is 0 Å². The van der Waals surface area contributed by atoms with E-state index < -0.39 is 53.7 Å². The molecule has 0 aliphatic carbocycles. The number of carbonyl (C=O) groups excluding carboxylic acids is 9. The van der Waals surface area contributed by atoms with E-state index in [1.807, 2.05) is 126 Å². The molecule has 22 nitrogen and oxygen atoms in total. The molecule has 0 saturated heterocycles. The number of hydrogen-bond acceptors (Lipinski definition) is 22. The summed E-state index contributed by atoms with van der Waals surface area (Å²) >= 11 is 0. The molecule has 10 rings (SSSR count). The average molecular weight is 1670 g/mol. The molecule has 123 heavy (non-hydrogen) atoms. The van der Waals surface area contributed by atoms with Gasteiger partial charge in [0.25, 0.3) is 0 Å². The summed E-state index contributed by atoms with van der Waals surface area (Å²) in [4.78, 5) is 107. The van der Waals surface area contributed by atoms with Gasteiger partial charge in [0.05, 0.1) is 69.0 Å². The molecule has 22 heteroatoms. The molecule has 0 saturated carbocycles. The van der Waals surface area contributed by atoms with Crippen molar-refractivity contribution < 1.29 is 105 Å². The lowest BCUT2D eigenvalue weighted by Gasteiger charge is -2.09. The number of benzene rings is 10. The van der Waals surface area contributed by atoms with Crippen LogP contribution in [-0.2, 0) is 38.2 Å². The number of esters is 9. The molecule has 0 amide bonds. The SMILES string of the molecule is C=CC(=O)OCCCCCOc1ccc(C(=O)Oc2ccc(OC(=O)/C=C/c3ccc(OC)cc3)cc2)cc1.C=CC(=O)OCCCCCOc1ccc(C(=O)Oc2ccc(OC(=O)/C=C/c3ccccc3)cc2)cc1.C=CC(=O)OCCCCCOc1ccc(C(=O)Oc2ccc(OC(=O)c3ccc(-c4ccccc4)cc3)cc2)cc1.CC.CC.CC. The van der Waals surface area contributed by atoms with Crippen molar-refractivity contribution in [2.24, 2.45) is 0 Å². The Balaban J connectivity index is 0.000000318. The standard InChI is InChI=1S/C34H30O7.C31H30O8.C30H28O7.3C2H6/c1-2-32(35)39-24-8-4-7-23-38-29-17-15-28(16-18-29)34(37)41-31-21-19-30(20-22-31)40-33(36)27-13-11-26(12-14-27)25-9-5-3-6-10-25;1-3-29(32)37-22-6-4-5-21-36-26-14-10-24(11-15-26)31(34)39-28-18-16-27(17-19-28)38-30(33)20-9-23-7-12-25(35-2)13-8-23;1-2-28(31)35-22-8-4-7-21-34-25-14-12-24(13-15-25)30(33)37-27-18-16-26(17-19-27)36-29(32)20-11-23-9-5-3-6-10-23;3*1-2/h2-3,5-6,9-22H,1,4,7-8,23-24H2;3,7-20H,1,4-6,21-22H2,2H3;2-3,5-6,9-20H,1,4,7-8,21-22H2;3*1-2H3/b;20-9+;20-11+;;;. The van der Waals surface area contributed by atoms with Gasteiger partial charge in [-0.25, -0.2) is 43.2 Å². The first-order chi connectivity index (χ1) is 60.0. The average Bonchev–Trinajstić information content (AvgIpc) is 0.835. The summed E-state index contributed by atoms with van der Waals surface area (Å²) < 4.78 is 69.1. The van der Waals surface area contributed by atoms with Crippen molar-refractivity contribution in [2.45, 2.75) is 99.3 Å². The molecule has 0 heterocycles. The van der Waals surface area contributed by atoms with E-state index in [-0.39, 0.29) is 0 Å². The topological polar surface area (TPSA) is 274 Å². The minimum atomic E-state index is -0.535. The Bertz CT molecular complexity index is 4890. The number of unbranched alkanes of at least 4 members (excludes halogenated alkanes) is 6. The van der Waals surface area contributed by atoms with E-state index >= 15 is 0 Å². The van der Waals surface area contributed by atoms with Gasteiger partial charge in [0, 0.05) is 30.4 Å². The summed E-state index contributed by atoms with van der Waals surface area (Å²) in [5.41, 5.74) is 5.33. The summed E-state index contributed by atoms with van der Waals surface area (Å²) in [6.45, 7) is 24.7. The van der Waals surface area contributed by atoms with Gasteiger partial charge in [-0.1, -0.05) is 146 Å². The van der Waals surface area contributed by atoms with Crippen LogP contribution in [0, 0.1) is 0 Å². The third-order valence-corrected chi connectivity index (χ3v) is 16.4. The number of ether oxygens (including phenoxy) is 13. The molecule has 0 spiro atoms. The first-order valence-electron chi connectivity index (χ1n) is 40.4.